The first-order chi connectivity index (χ1) is 20.0. The highest BCUT2D eigenvalue weighted by Crippen LogP contribution is 2.65. The van der Waals surface area contributed by atoms with Gasteiger partial charge >= 0.3 is 0 Å². The highest BCUT2D eigenvalue weighted by molar-refractivity contribution is 6.28. The molecular formula is C31H38ClN5O5. The fourth-order valence-corrected chi connectivity index (χ4v) is 7.41. The number of piperidine rings is 1. The molecule has 6 atom stereocenters. The van der Waals surface area contributed by atoms with Gasteiger partial charge in [-0.25, -0.2) is 0 Å². The highest BCUT2D eigenvalue weighted by atomic mass is 35.5. The van der Waals surface area contributed by atoms with E-state index >= 15 is 0 Å². The minimum absolute atomic E-state index is 0.00710. The number of ketones is 1. The first-order valence-electron chi connectivity index (χ1n) is 14.9. The molecular weight excluding hydrogens is 558 g/mol. The smallest absolute Gasteiger partial charge is 0.268 e. The third-order valence-corrected chi connectivity index (χ3v) is 10.3. The Morgan fingerprint density at radius 2 is 1.90 bits per heavy atom. The summed E-state index contributed by atoms with van der Waals surface area (Å²) in [6.45, 7) is 7.11. The molecule has 11 heteroatoms. The SMILES string of the molecule is Cc1cccc2[nH]c(C(=O)N[C@H](C(=O)N3C[C@H]4[C@@H]([C@H]3C(=O)N[C@@H](C[C@@H]3CCNC3=O)C(=O)CCl)C4(C)C)C3CC3)cc12. The summed E-state index contributed by atoms with van der Waals surface area (Å²) in [6, 6.07) is 5.19. The van der Waals surface area contributed by atoms with Crippen LogP contribution >= 0.6 is 11.6 Å². The van der Waals surface area contributed by atoms with Crippen LogP contribution in [0.15, 0.2) is 24.3 Å². The van der Waals surface area contributed by atoms with Gasteiger partial charge in [-0.2, -0.15) is 0 Å². The number of fused-ring (bicyclic) bond motifs is 2. The molecule has 1 aromatic carbocycles. The van der Waals surface area contributed by atoms with Gasteiger partial charge in [-0.3, -0.25) is 24.0 Å². The molecule has 2 saturated heterocycles. The summed E-state index contributed by atoms with van der Waals surface area (Å²) in [6.07, 6.45) is 2.40. The molecule has 0 unspecified atom stereocenters. The summed E-state index contributed by atoms with van der Waals surface area (Å²) in [7, 11) is 0. The maximum Gasteiger partial charge on any atom is 0.268 e. The van der Waals surface area contributed by atoms with E-state index in [1.54, 1.807) is 11.0 Å². The van der Waals surface area contributed by atoms with Gasteiger partial charge in [0, 0.05) is 29.9 Å². The number of aryl methyl sites for hydroxylation is 1. The number of nitrogens with one attached hydrogen (secondary N) is 4. The number of hydrogen-bond acceptors (Lipinski definition) is 5. The van der Waals surface area contributed by atoms with Crippen LogP contribution in [0.3, 0.4) is 0 Å². The zero-order chi connectivity index (χ0) is 29.9. The monoisotopic (exact) mass is 595 g/mol. The molecule has 4 aliphatic rings. The molecule has 6 rings (SSSR count). The van der Waals surface area contributed by atoms with E-state index in [0.717, 1.165) is 29.3 Å². The molecule has 0 radical (unpaired) electrons. The molecule has 2 aliphatic heterocycles. The zero-order valence-electron chi connectivity index (χ0n) is 24.2. The molecule has 4 fully saturated rings. The number of nitrogens with zero attached hydrogens (tertiary/aromatic N) is 1. The van der Waals surface area contributed by atoms with Crippen LogP contribution in [0.2, 0.25) is 0 Å². The normalized spacial score (nSPS) is 27.2. The average molecular weight is 596 g/mol. The number of alkyl halides is 1. The van der Waals surface area contributed by atoms with E-state index in [0.29, 0.717) is 25.2 Å². The van der Waals surface area contributed by atoms with E-state index in [9.17, 15) is 24.0 Å². The molecule has 2 aromatic rings. The second-order valence-electron chi connectivity index (χ2n) is 13.1. The van der Waals surface area contributed by atoms with Crippen molar-refractivity contribution < 1.29 is 24.0 Å². The number of H-pyrrole nitrogens is 1. The molecule has 0 bridgehead atoms. The molecule has 2 aliphatic carbocycles. The number of amides is 4. The minimum Gasteiger partial charge on any atom is -0.356 e. The summed E-state index contributed by atoms with van der Waals surface area (Å²) in [5, 5.41) is 9.56. The number of halogens is 1. The van der Waals surface area contributed by atoms with Crippen molar-refractivity contribution in [3.8, 4) is 0 Å². The third-order valence-electron chi connectivity index (χ3n) is 10.1. The lowest BCUT2D eigenvalue weighted by molar-refractivity contribution is -0.143. The van der Waals surface area contributed by atoms with Gasteiger partial charge < -0.3 is 25.8 Å². The van der Waals surface area contributed by atoms with Crippen LogP contribution < -0.4 is 16.0 Å². The summed E-state index contributed by atoms with van der Waals surface area (Å²) in [4.78, 5) is 71.0. The van der Waals surface area contributed by atoms with Crippen LogP contribution in [0.4, 0.5) is 0 Å². The molecule has 4 amide bonds. The Bertz CT molecular complexity index is 1460. The van der Waals surface area contributed by atoms with Gasteiger partial charge in [-0.1, -0.05) is 26.0 Å². The predicted molar refractivity (Wildman–Crippen MR) is 157 cm³/mol. The fraction of sp³-hybridized carbons (Fsp3) is 0.581. The number of aromatic nitrogens is 1. The summed E-state index contributed by atoms with van der Waals surface area (Å²) in [5.74, 6) is -2.09. The largest absolute Gasteiger partial charge is 0.356 e. The molecule has 4 N–H and O–H groups in total. The van der Waals surface area contributed by atoms with Crippen LogP contribution in [-0.4, -0.2) is 76.4 Å². The summed E-state index contributed by atoms with van der Waals surface area (Å²) in [5.41, 5.74) is 2.15. The lowest BCUT2D eigenvalue weighted by Gasteiger charge is -2.34. The maximum absolute atomic E-state index is 14.1. The van der Waals surface area contributed by atoms with E-state index in [4.69, 9.17) is 11.6 Å². The van der Waals surface area contributed by atoms with Crippen LogP contribution in [-0.2, 0) is 19.2 Å². The topological polar surface area (TPSA) is 140 Å². The first-order valence-corrected chi connectivity index (χ1v) is 15.4. The standard InChI is InChI=1S/C31H38ClN5O5/c1-15-5-4-6-20-18(15)12-22(34-20)28(40)36-25(16-7-8-16)30(42)37-14-19-24(31(19,2)3)26(37)29(41)35-21(23(38)13-32)11-17-9-10-33-27(17)39/h4-6,12,16-17,19,21,24-26,34H,7-11,13-14H2,1-3H3,(H,33,39)(H,35,41)(H,36,40)/t17-,19-,21-,24-,25-,26-/m0/s1. The zero-order valence-corrected chi connectivity index (χ0v) is 24.9. The Balaban J connectivity index is 1.20. The van der Waals surface area contributed by atoms with E-state index in [2.05, 4.69) is 34.8 Å². The van der Waals surface area contributed by atoms with Crippen molar-refractivity contribution >= 4 is 51.9 Å². The third kappa shape index (κ3) is 5.08. The first kappa shape index (κ1) is 28.7. The van der Waals surface area contributed by atoms with Gasteiger partial charge in [0.25, 0.3) is 5.91 Å². The number of benzene rings is 1. The highest BCUT2D eigenvalue weighted by Gasteiger charge is 2.70. The number of Topliss-reactive ketones (excluding diaryl/α,β-unsaturated/α-hetero) is 1. The number of hydrogen-bond donors (Lipinski definition) is 4. The van der Waals surface area contributed by atoms with Gasteiger partial charge in [0.1, 0.15) is 17.8 Å². The molecule has 2 saturated carbocycles. The van der Waals surface area contributed by atoms with Gasteiger partial charge in [0.2, 0.25) is 17.7 Å². The Kier molecular flexibility index (Phi) is 7.32. The summed E-state index contributed by atoms with van der Waals surface area (Å²) < 4.78 is 0. The van der Waals surface area contributed by atoms with E-state index in [-0.39, 0.29) is 64.9 Å². The van der Waals surface area contributed by atoms with Gasteiger partial charge in [-0.05, 0) is 73.5 Å². The number of carbonyl (C=O) groups excluding carboxylic acids is 5. The molecule has 10 nitrogen and oxygen atoms in total. The minimum atomic E-state index is -0.911. The number of aromatic amines is 1. The molecule has 224 valence electrons. The molecule has 0 spiro atoms. The van der Waals surface area contributed by atoms with Crippen molar-refractivity contribution in [2.24, 2.45) is 29.1 Å². The maximum atomic E-state index is 14.1. The van der Waals surface area contributed by atoms with Crippen LogP contribution in [0.1, 0.15) is 55.6 Å². The lowest BCUT2D eigenvalue weighted by Crippen LogP contribution is -2.58. The van der Waals surface area contributed by atoms with Crippen molar-refractivity contribution in [1.82, 2.24) is 25.8 Å². The Hall–Kier alpha value is -3.40. The number of carbonyl (C=O) groups is 5. The quantitative estimate of drug-likeness (QED) is 0.312. The Morgan fingerprint density at radius 3 is 2.55 bits per heavy atom. The molecule has 42 heavy (non-hydrogen) atoms. The van der Waals surface area contributed by atoms with Crippen LogP contribution in [0, 0.1) is 36.0 Å². The molecule has 3 heterocycles. The average Bonchev–Trinajstić information content (AvgIpc) is 3.62. The van der Waals surface area contributed by atoms with E-state index in [1.165, 1.54) is 0 Å². The van der Waals surface area contributed by atoms with E-state index in [1.807, 2.05) is 25.1 Å². The van der Waals surface area contributed by atoms with Crippen molar-refractivity contribution in [2.45, 2.75) is 64.6 Å². The molecule has 1 aromatic heterocycles. The van der Waals surface area contributed by atoms with Crippen molar-refractivity contribution in [1.29, 1.82) is 0 Å². The van der Waals surface area contributed by atoms with Gasteiger partial charge in [0.05, 0.1) is 11.9 Å². The van der Waals surface area contributed by atoms with Crippen LogP contribution in [0.5, 0.6) is 0 Å². The second kappa shape index (κ2) is 10.7. The predicted octanol–water partition coefficient (Wildman–Crippen LogP) is 2.29. The fourth-order valence-electron chi connectivity index (χ4n) is 7.23. The Labute approximate surface area is 249 Å². The van der Waals surface area contributed by atoms with Crippen LogP contribution in [0.25, 0.3) is 10.9 Å². The van der Waals surface area contributed by atoms with Crippen molar-refractivity contribution in [3.63, 3.8) is 0 Å². The van der Waals surface area contributed by atoms with Gasteiger partial charge in [-0.15, -0.1) is 11.6 Å². The lowest BCUT2D eigenvalue weighted by atomic mass is 9.95. The summed E-state index contributed by atoms with van der Waals surface area (Å²) >= 11 is 5.88. The van der Waals surface area contributed by atoms with Crippen molar-refractivity contribution in [2.75, 3.05) is 19.0 Å². The van der Waals surface area contributed by atoms with Gasteiger partial charge in [0.15, 0.2) is 5.78 Å². The Morgan fingerprint density at radius 1 is 1.14 bits per heavy atom. The number of rotatable bonds is 10. The van der Waals surface area contributed by atoms with E-state index < -0.39 is 24.0 Å². The number of likely N-dealkylation sites (tertiary alicyclic amines) is 1. The van der Waals surface area contributed by atoms with Crippen molar-refractivity contribution in [3.05, 3.63) is 35.5 Å². The second-order valence-corrected chi connectivity index (χ2v) is 13.3.